The molecule has 0 bridgehead atoms. The van der Waals surface area contributed by atoms with Crippen molar-refractivity contribution in [3.05, 3.63) is 41.5 Å². The van der Waals surface area contributed by atoms with Gasteiger partial charge in [-0.15, -0.1) is 0 Å². The Morgan fingerprint density at radius 2 is 2.29 bits per heavy atom. The molecule has 0 amide bonds. The third kappa shape index (κ3) is 2.96. The molecule has 0 saturated heterocycles. The molecule has 90 valence electrons. The predicted octanol–water partition coefficient (Wildman–Crippen LogP) is 1.99. The molecular weight excluding hydrogens is 222 g/mol. The number of nitrogens with zero attached hydrogens (tertiary/aromatic N) is 1. The summed E-state index contributed by atoms with van der Waals surface area (Å²) in [5, 5.41) is 8.68. The van der Waals surface area contributed by atoms with Crippen molar-refractivity contribution in [3.8, 4) is 0 Å². The number of hydrogen-bond acceptors (Lipinski definition) is 4. The number of furan rings is 1. The lowest BCUT2D eigenvalue weighted by atomic mass is 10.2. The number of aryl methyl sites for hydroxylation is 3. The summed E-state index contributed by atoms with van der Waals surface area (Å²) in [6.45, 7) is 1.72. The zero-order chi connectivity index (χ0) is 12.3. The van der Waals surface area contributed by atoms with Crippen LogP contribution in [0.4, 0.5) is 0 Å². The Bertz CT molecular complexity index is 499. The maximum Gasteiger partial charge on any atom is 0.309 e. The van der Waals surface area contributed by atoms with Crippen molar-refractivity contribution < 1.29 is 18.7 Å². The first-order valence-electron chi connectivity index (χ1n) is 5.34. The second kappa shape index (κ2) is 4.86. The molecule has 0 unspecified atom stereocenters. The number of carboxylic acids is 1. The third-order valence-electron chi connectivity index (χ3n) is 2.42. The number of aromatic nitrogens is 1. The normalized spacial score (nSPS) is 10.6. The summed E-state index contributed by atoms with van der Waals surface area (Å²) < 4.78 is 10.6. The van der Waals surface area contributed by atoms with Gasteiger partial charge in [0.25, 0.3) is 0 Å². The molecule has 0 fully saturated rings. The fourth-order valence-corrected chi connectivity index (χ4v) is 1.59. The summed E-state index contributed by atoms with van der Waals surface area (Å²) in [5.74, 6) is 1.08. The molecule has 2 aromatic rings. The van der Waals surface area contributed by atoms with Crippen LogP contribution in [0.15, 0.2) is 27.2 Å². The van der Waals surface area contributed by atoms with Gasteiger partial charge in [-0.3, -0.25) is 4.79 Å². The van der Waals surface area contributed by atoms with Crippen LogP contribution >= 0.6 is 0 Å². The van der Waals surface area contributed by atoms with Crippen molar-refractivity contribution in [1.29, 1.82) is 0 Å². The minimum absolute atomic E-state index is 0.101. The van der Waals surface area contributed by atoms with Crippen LogP contribution < -0.4 is 0 Å². The smallest absolute Gasteiger partial charge is 0.309 e. The van der Waals surface area contributed by atoms with Gasteiger partial charge in [-0.05, 0) is 19.1 Å². The van der Waals surface area contributed by atoms with Crippen LogP contribution in [-0.4, -0.2) is 16.1 Å². The monoisotopic (exact) mass is 235 g/mol. The zero-order valence-corrected chi connectivity index (χ0v) is 9.47. The molecule has 2 rings (SSSR count). The second-order valence-electron chi connectivity index (χ2n) is 3.76. The molecule has 2 heterocycles. The van der Waals surface area contributed by atoms with Gasteiger partial charge in [0.2, 0.25) is 0 Å². The van der Waals surface area contributed by atoms with Crippen LogP contribution in [-0.2, 0) is 24.1 Å². The summed E-state index contributed by atoms with van der Waals surface area (Å²) in [5.41, 5.74) is 0.493. The molecule has 5 heteroatoms. The van der Waals surface area contributed by atoms with Crippen molar-refractivity contribution in [1.82, 2.24) is 4.98 Å². The Balaban J connectivity index is 1.99. The lowest BCUT2D eigenvalue weighted by Crippen LogP contribution is -2.01. The quantitative estimate of drug-likeness (QED) is 0.857. The number of rotatable bonds is 5. The summed E-state index contributed by atoms with van der Waals surface area (Å²) in [6, 6.07) is 3.71. The van der Waals surface area contributed by atoms with Crippen LogP contribution in [0.1, 0.15) is 23.1 Å². The van der Waals surface area contributed by atoms with E-state index in [1.54, 1.807) is 13.2 Å². The Morgan fingerprint density at radius 1 is 1.47 bits per heavy atom. The minimum Gasteiger partial charge on any atom is -0.481 e. The SMILES string of the molecule is Cc1oc(CCc2ccco2)nc1CC(=O)O. The zero-order valence-electron chi connectivity index (χ0n) is 9.47. The topological polar surface area (TPSA) is 76.5 Å². The van der Waals surface area contributed by atoms with Gasteiger partial charge in [-0.25, -0.2) is 4.98 Å². The highest BCUT2D eigenvalue weighted by atomic mass is 16.4. The number of carboxylic acid groups (broad SMARTS) is 1. The Hall–Kier alpha value is -2.04. The van der Waals surface area contributed by atoms with E-state index >= 15 is 0 Å². The number of hydrogen-bond donors (Lipinski definition) is 1. The fourth-order valence-electron chi connectivity index (χ4n) is 1.59. The highest BCUT2D eigenvalue weighted by Gasteiger charge is 2.12. The van der Waals surface area contributed by atoms with E-state index in [4.69, 9.17) is 13.9 Å². The van der Waals surface area contributed by atoms with Gasteiger partial charge >= 0.3 is 5.97 Å². The summed E-state index contributed by atoms with van der Waals surface area (Å²) in [7, 11) is 0. The Morgan fingerprint density at radius 3 is 2.94 bits per heavy atom. The maximum atomic E-state index is 10.6. The molecule has 0 spiro atoms. The van der Waals surface area contributed by atoms with Gasteiger partial charge in [0.05, 0.1) is 18.4 Å². The van der Waals surface area contributed by atoms with Crippen LogP contribution in [0.25, 0.3) is 0 Å². The molecule has 0 aliphatic heterocycles. The van der Waals surface area contributed by atoms with E-state index in [2.05, 4.69) is 4.98 Å². The molecule has 0 atom stereocenters. The van der Waals surface area contributed by atoms with Gasteiger partial charge in [0, 0.05) is 12.8 Å². The van der Waals surface area contributed by atoms with E-state index < -0.39 is 5.97 Å². The van der Waals surface area contributed by atoms with E-state index in [0.717, 1.165) is 5.76 Å². The van der Waals surface area contributed by atoms with Crippen LogP contribution in [0.3, 0.4) is 0 Å². The molecular formula is C12H13NO4. The first-order chi connectivity index (χ1) is 8.15. The highest BCUT2D eigenvalue weighted by Crippen LogP contribution is 2.13. The molecule has 5 nitrogen and oxygen atoms in total. The van der Waals surface area contributed by atoms with Gasteiger partial charge < -0.3 is 13.9 Å². The fraction of sp³-hybridized carbons (Fsp3) is 0.333. The largest absolute Gasteiger partial charge is 0.481 e. The van der Waals surface area contributed by atoms with Crippen LogP contribution in [0.2, 0.25) is 0 Å². The lowest BCUT2D eigenvalue weighted by Gasteiger charge is -1.92. The van der Waals surface area contributed by atoms with Crippen molar-refractivity contribution in [2.24, 2.45) is 0 Å². The van der Waals surface area contributed by atoms with Gasteiger partial charge in [0.1, 0.15) is 11.5 Å². The Labute approximate surface area is 98.1 Å². The van der Waals surface area contributed by atoms with Crippen molar-refractivity contribution in [2.75, 3.05) is 0 Å². The van der Waals surface area contributed by atoms with Crippen LogP contribution in [0, 0.1) is 6.92 Å². The van der Waals surface area contributed by atoms with Crippen molar-refractivity contribution in [2.45, 2.75) is 26.2 Å². The number of aliphatic carboxylic acids is 1. The predicted molar refractivity (Wildman–Crippen MR) is 58.7 cm³/mol. The molecule has 0 aromatic carbocycles. The summed E-state index contributed by atoms with van der Waals surface area (Å²) in [6.07, 6.45) is 2.82. The maximum absolute atomic E-state index is 10.6. The van der Waals surface area contributed by atoms with E-state index in [-0.39, 0.29) is 6.42 Å². The molecule has 0 radical (unpaired) electrons. The van der Waals surface area contributed by atoms with E-state index in [1.807, 2.05) is 12.1 Å². The minimum atomic E-state index is -0.904. The van der Waals surface area contributed by atoms with E-state index in [1.165, 1.54) is 0 Å². The first-order valence-corrected chi connectivity index (χ1v) is 5.34. The molecule has 2 aromatic heterocycles. The Kier molecular flexibility index (Phi) is 3.27. The van der Waals surface area contributed by atoms with Crippen molar-refractivity contribution in [3.63, 3.8) is 0 Å². The van der Waals surface area contributed by atoms with E-state index in [9.17, 15) is 4.79 Å². The standard InChI is InChI=1S/C12H13NO4/c1-8-10(7-12(14)15)13-11(17-8)5-4-9-3-2-6-16-9/h2-3,6H,4-5,7H2,1H3,(H,14,15). The van der Waals surface area contributed by atoms with Gasteiger partial charge in [0.15, 0.2) is 5.89 Å². The molecule has 1 N–H and O–H groups in total. The second-order valence-corrected chi connectivity index (χ2v) is 3.76. The number of oxazole rings is 1. The molecule has 0 aliphatic rings. The molecule has 0 aliphatic carbocycles. The molecule has 0 saturated carbocycles. The highest BCUT2D eigenvalue weighted by molar-refractivity contribution is 5.69. The first kappa shape index (κ1) is 11.4. The summed E-state index contributed by atoms with van der Waals surface area (Å²) >= 11 is 0. The third-order valence-corrected chi connectivity index (χ3v) is 2.42. The summed E-state index contributed by atoms with van der Waals surface area (Å²) in [4.78, 5) is 14.7. The number of carbonyl (C=O) groups is 1. The average molecular weight is 235 g/mol. The van der Waals surface area contributed by atoms with Crippen molar-refractivity contribution >= 4 is 5.97 Å². The molecule has 17 heavy (non-hydrogen) atoms. The van der Waals surface area contributed by atoms with E-state index in [0.29, 0.717) is 30.2 Å². The average Bonchev–Trinajstić information content (AvgIpc) is 2.86. The van der Waals surface area contributed by atoms with Gasteiger partial charge in [-0.2, -0.15) is 0 Å². The lowest BCUT2D eigenvalue weighted by molar-refractivity contribution is -0.136. The van der Waals surface area contributed by atoms with Gasteiger partial charge in [-0.1, -0.05) is 0 Å². The van der Waals surface area contributed by atoms with Crippen LogP contribution in [0.5, 0.6) is 0 Å².